The van der Waals surface area contributed by atoms with Gasteiger partial charge in [-0.25, -0.2) is 0 Å². The van der Waals surface area contributed by atoms with E-state index < -0.39 is 0 Å². The van der Waals surface area contributed by atoms with Gasteiger partial charge < -0.3 is 28.4 Å². The molecule has 0 atom stereocenters. The zero-order valence-corrected chi connectivity index (χ0v) is 19.6. The molecule has 0 unspecified atom stereocenters. The largest absolute Gasteiger partial charge is 0.491 e. The molecule has 8 heteroatoms. The van der Waals surface area contributed by atoms with E-state index in [-0.39, 0.29) is 0 Å². The summed E-state index contributed by atoms with van der Waals surface area (Å²) in [4.78, 5) is 0. The average molecular weight is 612 g/mol. The molecule has 6 nitrogen and oxygen atoms in total. The van der Waals surface area contributed by atoms with Crippen molar-refractivity contribution in [3.8, 4) is 23.0 Å². The van der Waals surface area contributed by atoms with Crippen molar-refractivity contribution in [2.24, 2.45) is 0 Å². The Hall–Kier alpha value is -0.980. The topological polar surface area (TPSA) is 55.4 Å². The predicted octanol–water partition coefficient (Wildman–Crippen LogP) is 4.16. The Kier molecular flexibility index (Phi) is 9.22. The van der Waals surface area contributed by atoms with E-state index in [9.17, 15) is 0 Å². The van der Waals surface area contributed by atoms with Gasteiger partial charge in [0.1, 0.15) is 49.4 Å². The zero-order valence-electron chi connectivity index (χ0n) is 15.3. The molecule has 0 saturated carbocycles. The average Bonchev–Trinajstić information content (AvgIpc) is 2.70. The summed E-state index contributed by atoms with van der Waals surface area (Å²) in [7, 11) is 0. The summed E-state index contributed by atoms with van der Waals surface area (Å²) in [6.45, 7) is 3.92. The van der Waals surface area contributed by atoms with Gasteiger partial charge in [0.05, 0.1) is 33.6 Å². The number of hydrogen-bond donors (Lipinski definition) is 0. The quantitative estimate of drug-likeness (QED) is 0.417. The van der Waals surface area contributed by atoms with Gasteiger partial charge in [0, 0.05) is 0 Å². The Balaban J connectivity index is 1.57. The van der Waals surface area contributed by atoms with Crippen LogP contribution >= 0.6 is 45.2 Å². The highest BCUT2D eigenvalue weighted by atomic mass is 127. The van der Waals surface area contributed by atoms with Crippen LogP contribution in [0.1, 0.15) is 0 Å². The highest BCUT2D eigenvalue weighted by Crippen LogP contribution is 2.31. The molecule has 6 rings (SSSR count). The van der Waals surface area contributed by atoms with Gasteiger partial charge in [-0.2, -0.15) is 0 Å². The normalized spacial score (nSPS) is 16.6. The summed E-state index contributed by atoms with van der Waals surface area (Å²) >= 11 is 4.50. The fraction of sp³-hybridized carbons (Fsp3) is 0.400. The second-order valence-electron chi connectivity index (χ2n) is 5.80. The molecule has 0 N–H and O–H groups in total. The van der Waals surface area contributed by atoms with E-state index in [4.69, 9.17) is 28.4 Å². The van der Waals surface area contributed by atoms with Crippen molar-refractivity contribution in [2.75, 3.05) is 52.9 Å². The highest BCUT2D eigenvalue weighted by molar-refractivity contribution is 14.1. The fourth-order valence-corrected chi connectivity index (χ4v) is 3.61. The van der Waals surface area contributed by atoms with Crippen LogP contribution in [0, 0.1) is 7.14 Å². The van der Waals surface area contributed by atoms with Crippen molar-refractivity contribution in [1.82, 2.24) is 0 Å². The Morgan fingerprint density at radius 3 is 1.25 bits per heavy atom. The molecule has 4 aliphatic heterocycles. The molecule has 152 valence electrons. The minimum absolute atomic E-state index is 0.478. The molecule has 0 radical (unpaired) electrons. The maximum atomic E-state index is 5.83. The van der Waals surface area contributed by atoms with Crippen molar-refractivity contribution >= 4 is 45.2 Å². The van der Waals surface area contributed by atoms with Gasteiger partial charge in [0.25, 0.3) is 0 Å². The maximum absolute atomic E-state index is 5.83. The Bertz CT molecular complexity index is 675. The van der Waals surface area contributed by atoms with E-state index in [0.717, 1.165) is 30.1 Å². The van der Waals surface area contributed by atoms with Crippen LogP contribution in [0.2, 0.25) is 0 Å². The lowest BCUT2D eigenvalue weighted by Gasteiger charge is -2.14. The van der Waals surface area contributed by atoms with E-state index in [0.29, 0.717) is 52.9 Å². The fourth-order valence-electron chi connectivity index (χ4n) is 2.43. The summed E-state index contributed by atoms with van der Waals surface area (Å²) in [5.74, 6) is 3.22. The van der Waals surface area contributed by atoms with Crippen molar-refractivity contribution in [3.05, 3.63) is 43.5 Å². The van der Waals surface area contributed by atoms with Gasteiger partial charge >= 0.3 is 0 Å². The minimum Gasteiger partial charge on any atom is -0.491 e. The number of ether oxygens (including phenoxy) is 6. The Morgan fingerprint density at radius 1 is 0.500 bits per heavy atom. The lowest BCUT2D eigenvalue weighted by Crippen LogP contribution is -2.13. The van der Waals surface area contributed by atoms with Crippen molar-refractivity contribution in [3.63, 3.8) is 0 Å². The van der Waals surface area contributed by atoms with Crippen molar-refractivity contribution in [2.45, 2.75) is 0 Å². The van der Waals surface area contributed by atoms with E-state index in [1.54, 1.807) is 0 Å². The van der Waals surface area contributed by atoms with Crippen LogP contribution < -0.4 is 18.9 Å². The van der Waals surface area contributed by atoms with E-state index in [1.807, 2.05) is 36.4 Å². The second-order valence-corrected chi connectivity index (χ2v) is 8.13. The van der Waals surface area contributed by atoms with Gasteiger partial charge in [-0.3, -0.25) is 0 Å². The lowest BCUT2D eigenvalue weighted by atomic mass is 10.3. The zero-order chi connectivity index (χ0) is 19.6. The molecule has 4 heterocycles. The highest BCUT2D eigenvalue weighted by Gasteiger charge is 2.09. The second kappa shape index (κ2) is 11.9. The summed E-state index contributed by atoms with van der Waals surface area (Å²) < 4.78 is 36.1. The van der Waals surface area contributed by atoms with Gasteiger partial charge in [0.15, 0.2) is 0 Å². The number of hydrogen-bond acceptors (Lipinski definition) is 6. The minimum atomic E-state index is 0.478. The molecule has 0 amide bonds. The summed E-state index contributed by atoms with van der Waals surface area (Å²) in [6.07, 6.45) is 0. The van der Waals surface area contributed by atoms with Crippen LogP contribution in [-0.2, 0) is 9.47 Å². The van der Waals surface area contributed by atoms with Gasteiger partial charge in [-0.15, -0.1) is 0 Å². The van der Waals surface area contributed by atoms with Crippen LogP contribution in [0.4, 0.5) is 0 Å². The SMILES string of the molecule is Ic1cc2c(I)cc1OCCOCCOc1ccc(cc1)OCCOCCO2. The molecule has 0 saturated heterocycles. The molecule has 28 heavy (non-hydrogen) atoms. The lowest BCUT2D eigenvalue weighted by molar-refractivity contribution is 0.0744. The van der Waals surface area contributed by atoms with E-state index >= 15 is 0 Å². The van der Waals surface area contributed by atoms with Crippen LogP contribution in [0.25, 0.3) is 0 Å². The maximum Gasteiger partial charge on any atom is 0.134 e. The number of halogens is 2. The third-order valence-corrected chi connectivity index (χ3v) is 5.46. The molecule has 0 aromatic heterocycles. The monoisotopic (exact) mass is 612 g/mol. The van der Waals surface area contributed by atoms with Crippen LogP contribution in [-0.4, -0.2) is 52.9 Å². The smallest absolute Gasteiger partial charge is 0.134 e. The van der Waals surface area contributed by atoms with Crippen molar-refractivity contribution < 1.29 is 28.4 Å². The summed E-state index contributed by atoms with van der Waals surface area (Å²) in [6, 6.07) is 11.5. The molecular weight excluding hydrogens is 590 g/mol. The van der Waals surface area contributed by atoms with Crippen LogP contribution in [0.3, 0.4) is 0 Å². The Labute approximate surface area is 192 Å². The molecule has 0 aliphatic carbocycles. The van der Waals surface area contributed by atoms with Crippen LogP contribution in [0.5, 0.6) is 23.0 Å². The first-order valence-electron chi connectivity index (χ1n) is 8.98. The van der Waals surface area contributed by atoms with Gasteiger partial charge in [0.2, 0.25) is 0 Å². The number of rotatable bonds is 0. The molecular formula is C20H22I2O6. The van der Waals surface area contributed by atoms with Gasteiger partial charge in [-0.1, -0.05) is 0 Å². The van der Waals surface area contributed by atoms with E-state index in [2.05, 4.69) is 45.2 Å². The first-order chi connectivity index (χ1) is 13.7. The molecule has 0 fully saturated rings. The molecule has 2 aromatic carbocycles. The molecule has 0 spiro atoms. The van der Waals surface area contributed by atoms with Crippen molar-refractivity contribution in [1.29, 1.82) is 0 Å². The third-order valence-electron chi connectivity index (χ3n) is 3.77. The van der Waals surface area contributed by atoms with Crippen LogP contribution in [0.15, 0.2) is 36.4 Å². The molecule has 4 aliphatic rings. The molecule has 4 bridgehead atoms. The Morgan fingerprint density at radius 2 is 0.857 bits per heavy atom. The first kappa shape index (κ1) is 21.7. The standard InChI is InChI=1S/C20H22I2O6/c21-17-14-20-18(22)13-19(17)27-11-7-23-5-9-25-15-1-2-16(4-3-15)26-10-6-24-8-12-28-20/h1-4,13-14H,5-12H2. The van der Waals surface area contributed by atoms with Gasteiger partial charge in [-0.05, 0) is 81.6 Å². The van der Waals surface area contributed by atoms with E-state index in [1.165, 1.54) is 0 Å². The molecule has 2 aromatic rings. The first-order valence-corrected chi connectivity index (χ1v) is 11.1. The summed E-state index contributed by atoms with van der Waals surface area (Å²) in [5.41, 5.74) is 0. The number of benzene rings is 2. The predicted molar refractivity (Wildman–Crippen MR) is 122 cm³/mol. The summed E-state index contributed by atoms with van der Waals surface area (Å²) in [5, 5.41) is 0. The third kappa shape index (κ3) is 7.12.